The van der Waals surface area contributed by atoms with Crippen molar-refractivity contribution in [1.29, 1.82) is 0 Å². The molecule has 8 nitrogen and oxygen atoms in total. The van der Waals surface area contributed by atoms with Gasteiger partial charge in [-0.2, -0.15) is 4.68 Å². The van der Waals surface area contributed by atoms with Crippen molar-refractivity contribution in [2.45, 2.75) is 25.6 Å². The summed E-state index contributed by atoms with van der Waals surface area (Å²) in [7, 11) is 0. The van der Waals surface area contributed by atoms with E-state index in [1.807, 2.05) is 12.1 Å². The van der Waals surface area contributed by atoms with E-state index < -0.39 is 17.0 Å². The minimum absolute atomic E-state index is 0.193. The molecule has 2 aromatic rings. The number of nitro groups is 1. The number of rotatable bonds is 5. The molecule has 1 aliphatic heterocycles. The highest BCUT2D eigenvalue weighted by Gasteiger charge is 2.20. The number of aliphatic hydroxyl groups excluding tert-OH is 1. The summed E-state index contributed by atoms with van der Waals surface area (Å²) in [6.45, 7) is 2.40. The van der Waals surface area contributed by atoms with Gasteiger partial charge in [0.05, 0.1) is 12.6 Å². The molecular formula is C14H17N5O3. The van der Waals surface area contributed by atoms with Gasteiger partial charge < -0.3 is 15.2 Å². The summed E-state index contributed by atoms with van der Waals surface area (Å²) in [5.74, 6) is -0.445. The lowest BCUT2D eigenvalue weighted by Crippen LogP contribution is -2.38. The van der Waals surface area contributed by atoms with E-state index in [2.05, 4.69) is 27.1 Å². The molecule has 0 aliphatic carbocycles. The zero-order valence-corrected chi connectivity index (χ0v) is 12.0. The second-order valence-corrected chi connectivity index (χ2v) is 5.43. The van der Waals surface area contributed by atoms with Gasteiger partial charge in [-0.1, -0.05) is 29.2 Å². The van der Waals surface area contributed by atoms with E-state index in [1.165, 1.54) is 22.1 Å². The Kier molecular flexibility index (Phi) is 4.12. The Morgan fingerprint density at radius 2 is 2.09 bits per heavy atom. The van der Waals surface area contributed by atoms with Crippen molar-refractivity contribution >= 4 is 5.95 Å². The molecule has 0 fully saturated rings. The van der Waals surface area contributed by atoms with Crippen LogP contribution in [0.2, 0.25) is 0 Å². The topological polar surface area (TPSA) is 97.3 Å². The SMILES string of the molecule is O=[N+]([O-])c1ncn(C[C@H](O)CN2CCc3ccccc3C2)n1. The molecule has 2 heterocycles. The Bertz CT molecular complexity index is 672. The first-order chi connectivity index (χ1) is 10.6. The molecule has 116 valence electrons. The van der Waals surface area contributed by atoms with E-state index in [1.54, 1.807) is 0 Å². The Hall–Kier alpha value is -2.32. The van der Waals surface area contributed by atoms with E-state index >= 15 is 0 Å². The second kappa shape index (κ2) is 6.20. The molecule has 8 heteroatoms. The fourth-order valence-corrected chi connectivity index (χ4v) is 2.74. The molecule has 0 saturated heterocycles. The first-order valence-electron chi connectivity index (χ1n) is 7.13. The number of hydrogen-bond acceptors (Lipinski definition) is 6. The lowest BCUT2D eigenvalue weighted by molar-refractivity contribution is -0.394. The molecule has 22 heavy (non-hydrogen) atoms. The summed E-state index contributed by atoms with van der Waals surface area (Å²) in [5.41, 5.74) is 2.65. The standard InChI is InChI=1S/C14H17N5O3/c20-13(9-18-10-15-14(16-18)19(21)22)8-17-6-5-11-3-1-2-4-12(11)7-17/h1-4,10,13,20H,5-9H2/t13-/m1/s1. The van der Waals surface area contributed by atoms with Crippen LogP contribution in [-0.4, -0.2) is 48.9 Å². The van der Waals surface area contributed by atoms with Crippen LogP contribution in [0.25, 0.3) is 0 Å². The number of β-amino-alcohol motifs (C(OH)–C–C–N with tert-alkyl or cyclic N) is 1. The van der Waals surface area contributed by atoms with Gasteiger partial charge in [0, 0.05) is 24.7 Å². The summed E-state index contributed by atoms with van der Waals surface area (Å²) in [6.07, 6.45) is 1.59. The van der Waals surface area contributed by atoms with Crippen molar-refractivity contribution in [2.75, 3.05) is 13.1 Å². The number of aliphatic hydroxyl groups is 1. The smallest absolute Gasteiger partial charge is 0.390 e. The van der Waals surface area contributed by atoms with Gasteiger partial charge in [-0.15, -0.1) is 0 Å². The molecule has 1 N–H and O–H groups in total. The average Bonchev–Trinajstić information content (AvgIpc) is 2.95. The highest BCUT2D eigenvalue weighted by molar-refractivity contribution is 5.29. The highest BCUT2D eigenvalue weighted by Crippen LogP contribution is 2.18. The molecule has 0 spiro atoms. The number of hydrogen-bond donors (Lipinski definition) is 1. The van der Waals surface area contributed by atoms with Crippen LogP contribution in [-0.2, 0) is 19.5 Å². The van der Waals surface area contributed by atoms with E-state index in [0.717, 1.165) is 19.5 Å². The Balaban J connectivity index is 1.56. The lowest BCUT2D eigenvalue weighted by atomic mass is 10.00. The summed E-state index contributed by atoms with van der Waals surface area (Å²) in [5, 5.41) is 24.4. The van der Waals surface area contributed by atoms with Crippen LogP contribution in [0.1, 0.15) is 11.1 Å². The molecule has 0 bridgehead atoms. The van der Waals surface area contributed by atoms with Gasteiger partial charge in [0.15, 0.2) is 0 Å². The highest BCUT2D eigenvalue weighted by atomic mass is 16.6. The van der Waals surface area contributed by atoms with Gasteiger partial charge in [0.1, 0.15) is 0 Å². The van der Waals surface area contributed by atoms with Crippen LogP contribution < -0.4 is 0 Å². The van der Waals surface area contributed by atoms with Gasteiger partial charge in [0.25, 0.3) is 0 Å². The zero-order chi connectivity index (χ0) is 15.5. The Morgan fingerprint density at radius 3 is 2.82 bits per heavy atom. The molecule has 0 radical (unpaired) electrons. The normalized spacial score (nSPS) is 16.2. The molecule has 0 saturated carbocycles. The van der Waals surface area contributed by atoms with Crippen molar-refractivity contribution in [3.63, 3.8) is 0 Å². The number of aromatic nitrogens is 3. The molecule has 0 amide bonds. The van der Waals surface area contributed by atoms with Gasteiger partial charge in [-0.25, -0.2) is 0 Å². The molecule has 1 atom stereocenters. The van der Waals surface area contributed by atoms with Crippen molar-refractivity contribution in [3.8, 4) is 0 Å². The molecule has 1 aromatic heterocycles. The van der Waals surface area contributed by atoms with Crippen molar-refractivity contribution in [3.05, 3.63) is 51.8 Å². The van der Waals surface area contributed by atoms with Gasteiger partial charge in [0.2, 0.25) is 6.33 Å². The predicted octanol–water partition coefficient (Wildman–Crippen LogP) is 0.605. The van der Waals surface area contributed by atoms with Crippen LogP contribution in [0, 0.1) is 10.1 Å². The minimum atomic E-state index is -0.648. The monoisotopic (exact) mass is 303 g/mol. The third kappa shape index (κ3) is 3.29. The van der Waals surface area contributed by atoms with Crippen LogP contribution in [0.15, 0.2) is 30.6 Å². The van der Waals surface area contributed by atoms with Crippen LogP contribution in [0.5, 0.6) is 0 Å². The lowest BCUT2D eigenvalue weighted by Gasteiger charge is -2.30. The third-order valence-electron chi connectivity index (χ3n) is 3.76. The zero-order valence-electron chi connectivity index (χ0n) is 12.0. The van der Waals surface area contributed by atoms with Crippen molar-refractivity contribution < 1.29 is 10.0 Å². The maximum absolute atomic E-state index is 10.5. The van der Waals surface area contributed by atoms with Gasteiger partial charge in [-0.3, -0.25) is 4.90 Å². The quantitative estimate of drug-likeness (QED) is 0.642. The molecular weight excluding hydrogens is 286 g/mol. The summed E-state index contributed by atoms with van der Waals surface area (Å²) < 4.78 is 1.31. The first-order valence-corrected chi connectivity index (χ1v) is 7.13. The maximum Gasteiger partial charge on any atom is 0.490 e. The number of benzene rings is 1. The molecule has 0 unspecified atom stereocenters. The van der Waals surface area contributed by atoms with Crippen LogP contribution in [0.3, 0.4) is 0 Å². The summed E-state index contributed by atoms with van der Waals surface area (Å²) in [6, 6.07) is 8.31. The van der Waals surface area contributed by atoms with Crippen molar-refractivity contribution in [1.82, 2.24) is 19.7 Å². The Morgan fingerprint density at radius 1 is 1.32 bits per heavy atom. The first kappa shape index (κ1) is 14.6. The third-order valence-corrected chi connectivity index (χ3v) is 3.76. The van der Waals surface area contributed by atoms with Crippen molar-refractivity contribution in [2.24, 2.45) is 0 Å². The van der Waals surface area contributed by atoms with E-state index in [0.29, 0.717) is 6.54 Å². The largest absolute Gasteiger partial charge is 0.490 e. The van der Waals surface area contributed by atoms with E-state index in [-0.39, 0.29) is 6.54 Å². The average molecular weight is 303 g/mol. The van der Waals surface area contributed by atoms with Crippen LogP contribution >= 0.6 is 0 Å². The second-order valence-electron chi connectivity index (χ2n) is 5.43. The fourth-order valence-electron chi connectivity index (χ4n) is 2.74. The molecule has 1 aliphatic rings. The fraction of sp³-hybridized carbons (Fsp3) is 0.429. The predicted molar refractivity (Wildman–Crippen MR) is 78.1 cm³/mol. The molecule has 3 rings (SSSR count). The molecule has 1 aromatic carbocycles. The maximum atomic E-state index is 10.5. The number of fused-ring (bicyclic) bond motifs is 1. The van der Waals surface area contributed by atoms with E-state index in [9.17, 15) is 15.2 Å². The van der Waals surface area contributed by atoms with Gasteiger partial charge in [-0.05, 0) is 22.5 Å². The van der Waals surface area contributed by atoms with Crippen LogP contribution in [0.4, 0.5) is 5.95 Å². The minimum Gasteiger partial charge on any atom is -0.390 e. The summed E-state index contributed by atoms with van der Waals surface area (Å²) >= 11 is 0. The number of nitrogens with zero attached hydrogens (tertiary/aromatic N) is 5. The van der Waals surface area contributed by atoms with Gasteiger partial charge >= 0.3 is 5.95 Å². The Labute approximate surface area is 127 Å². The summed E-state index contributed by atoms with van der Waals surface area (Å²) in [4.78, 5) is 15.6. The van der Waals surface area contributed by atoms with E-state index in [4.69, 9.17) is 0 Å².